The van der Waals surface area contributed by atoms with Crippen LogP contribution in [0.5, 0.6) is 0 Å². The summed E-state index contributed by atoms with van der Waals surface area (Å²) in [4.78, 5) is 14.4. The van der Waals surface area contributed by atoms with E-state index in [9.17, 15) is 18.0 Å². The van der Waals surface area contributed by atoms with Gasteiger partial charge in [-0.15, -0.1) is 11.8 Å². The van der Waals surface area contributed by atoms with Crippen molar-refractivity contribution in [2.24, 2.45) is 0 Å². The summed E-state index contributed by atoms with van der Waals surface area (Å²) in [5.41, 5.74) is 0.365. The molecule has 0 saturated carbocycles. The number of nitrogens with zero attached hydrogens (tertiary/aromatic N) is 1. The topological polar surface area (TPSA) is 44.4 Å². The number of hydrogen-bond donors (Lipinski definition) is 2. The molecule has 0 radical (unpaired) electrons. The van der Waals surface area contributed by atoms with E-state index in [1.807, 2.05) is 6.26 Å². The second-order valence-electron chi connectivity index (χ2n) is 5.28. The highest BCUT2D eigenvalue weighted by atomic mass is 32.2. The van der Waals surface area contributed by atoms with Crippen LogP contribution in [-0.2, 0) is 0 Å². The molecule has 1 aliphatic heterocycles. The third kappa shape index (κ3) is 5.12. The van der Waals surface area contributed by atoms with Gasteiger partial charge in [-0.2, -0.15) is 13.2 Å². The van der Waals surface area contributed by atoms with Crippen molar-refractivity contribution >= 4 is 17.7 Å². The molecule has 2 N–H and O–H groups in total. The van der Waals surface area contributed by atoms with Gasteiger partial charge in [-0.3, -0.25) is 9.69 Å². The van der Waals surface area contributed by atoms with Crippen LogP contribution in [0.4, 0.5) is 13.2 Å². The van der Waals surface area contributed by atoms with Gasteiger partial charge in [0.05, 0.1) is 0 Å². The number of hydrogen-bond acceptors (Lipinski definition) is 4. The van der Waals surface area contributed by atoms with Crippen molar-refractivity contribution in [3.8, 4) is 0 Å². The second kappa shape index (κ2) is 8.03. The van der Waals surface area contributed by atoms with E-state index in [-0.39, 0.29) is 0 Å². The zero-order valence-corrected chi connectivity index (χ0v) is 13.6. The molecule has 1 saturated heterocycles. The van der Waals surface area contributed by atoms with Crippen molar-refractivity contribution in [1.29, 1.82) is 0 Å². The van der Waals surface area contributed by atoms with E-state index < -0.39 is 24.7 Å². The molecule has 0 bridgehead atoms. The molecule has 0 aliphatic carbocycles. The van der Waals surface area contributed by atoms with E-state index in [0.717, 1.165) is 4.90 Å². The lowest BCUT2D eigenvalue weighted by Gasteiger charge is -2.35. The van der Waals surface area contributed by atoms with Gasteiger partial charge >= 0.3 is 6.18 Å². The zero-order valence-electron chi connectivity index (χ0n) is 12.8. The Balaban J connectivity index is 1.97. The van der Waals surface area contributed by atoms with Gasteiger partial charge in [0.1, 0.15) is 6.04 Å². The van der Waals surface area contributed by atoms with Gasteiger partial charge in [0.15, 0.2) is 0 Å². The summed E-state index contributed by atoms with van der Waals surface area (Å²) in [5, 5.41) is 5.44. The number of thioether (sulfide) groups is 1. The van der Waals surface area contributed by atoms with Crippen LogP contribution in [0.2, 0.25) is 0 Å². The Labute approximate surface area is 137 Å². The molecule has 1 amide bonds. The molecule has 0 spiro atoms. The zero-order chi connectivity index (χ0) is 16.9. The van der Waals surface area contributed by atoms with Crippen LogP contribution in [0, 0.1) is 0 Å². The number of amides is 1. The van der Waals surface area contributed by atoms with Crippen LogP contribution in [0.15, 0.2) is 29.2 Å². The number of piperazine rings is 1. The highest BCUT2D eigenvalue weighted by molar-refractivity contribution is 7.98. The van der Waals surface area contributed by atoms with Crippen molar-refractivity contribution < 1.29 is 18.0 Å². The smallest absolute Gasteiger partial charge is 0.350 e. The van der Waals surface area contributed by atoms with E-state index >= 15 is 0 Å². The number of halogens is 3. The van der Waals surface area contributed by atoms with Gasteiger partial charge in [0, 0.05) is 43.2 Å². The van der Waals surface area contributed by atoms with Crippen molar-refractivity contribution in [2.45, 2.75) is 17.1 Å². The SMILES string of the molecule is CSc1ccc(C(=O)NCC(N2CCNCC2)C(F)(F)F)cc1. The summed E-state index contributed by atoms with van der Waals surface area (Å²) in [6.07, 6.45) is -2.45. The molecule has 1 aromatic carbocycles. The van der Waals surface area contributed by atoms with Crippen LogP contribution in [0.3, 0.4) is 0 Å². The first-order valence-electron chi connectivity index (χ1n) is 7.35. The number of rotatable bonds is 5. The maximum atomic E-state index is 13.2. The van der Waals surface area contributed by atoms with E-state index in [0.29, 0.717) is 31.7 Å². The van der Waals surface area contributed by atoms with E-state index in [4.69, 9.17) is 0 Å². The van der Waals surface area contributed by atoms with Gasteiger partial charge < -0.3 is 10.6 Å². The normalized spacial score (nSPS) is 17.7. The molecule has 0 aromatic heterocycles. The summed E-state index contributed by atoms with van der Waals surface area (Å²) in [5.74, 6) is -0.484. The first kappa shape index (κ1) is 18.1. The minimum absolute atomic E-state index is 0.322. The van der Waals surface area contributed by atoms with Gasteiger partial charge in [-0.25, -0.2) is 0 Å². The van der Waals surface area contributed by atoms with Gasteiger partial charge in [0.25, 0.3) is 5.91 Å². The Hall–Kier alpha value is -1.25. The maximum absolute atomic E-state index is 13.2. The molecule has 1 heterocycles. The summed E-state index contributed by atoms with van der Waals surface area (Å²) in [7, 11) is 0. The molecule has 4 nitrogen and oxygen atoms in total. The average Bonchev–Trinajstić information content (AvgIpc) is 2.54. The molecule has 1 aromatic rings. The Kier molecular flexibility index (Phi) is 6.32. The fourth-order valence-corrected chi connectivity index (χ4v) is 2.89. The Bertz CT molecular complexity index is 516. The summed E-state index contributed by atoms with van der Waals surface area (Å²) >= 11 is 1.54. The number of nitrogens with one attached hydrogen (secondary N) is 2. The highest BCUT2D eigenvalue weighted by Gasteiger charge is 2.43. The third-order valence-corrected chi connectivity index (χ3v) is 4.52. The first-order valence-corrected chi connectivity index (χ1v) is 8.58. The lowest BCUT2D eigenvalue weighted by molar-refractivity contribution is -0.183. The molecular formula is C15H20F3N3OS. The van der Waals surface area contributed by atoms with Gasteiger partial charge in [-0.05, 0) is 30.5 Å². The average molecular weight is 347 g/mol. The molecule has 8 heteroatoms. The first-order chi connectivity index (χ1) is 10.9. The van der Waals surface area contributed by atoms with Gasteiger partial charge in [0.2, 0.25) is 0 Å². The number of alkyl halides is 3. The largest absolute Gasteiger partial charge is 0.405 e. The predicted molar refractivity (Wildman–Crippen MR) is 84.8 cm³/mol. The molecule has 1 aliphatic rings. The maximum Gasteiger partial charge on any atom is 0.405 e. The molecule has 1 atom stereocenters. The lowest BCUT2D eigenvalue weighted by atomic mass is 10.1. The van der Waals surface area contributed by atoms with Crippen LogP contribution in [0.25, 0.3) is 0 Å². The van der Waals surface area contributed by atoms with E-state index in [2.05, 4.69) is 10.6 Å². The summed E-state index contributed by atoms with van der Waals surface area (Å²) in [6, 6.07) is 5.14. The van der Waals surface area contributed by atoms with E-state index in [1.165, 1.54) is 16.7 Å². The van der Waals surface area contributed by atoms with Crippen molar-refractivity contribution in [3.05, 3.63) is 29.8 Å². The predicted octanol–water partition coefficient (Wildman–Crippen LogP) is 1.97. The molecule has 128 valence electrons. The van der Waals surface area contributed by atoms with Crippen molar-refractivity contribution in [3.63, 3.8) is 0 Å². The quantitative estimate of drug-likeness (QED) is 0.800. The number of carbonyl (C=O) groups excluding carboxylic acids is 1. The minimum atomic E-state index is -4.37. The number of carbonyl (C=O) groups is 1. The third-order valence-electron chi connectivity index (χ3n) is 3.78. The lowest BCUT2D eigenvalue weighted by Crippen LogP contribution is -2.57. The summed E-state index contributed by atoms with van der Waals surface area (Å²) < 4.78 is 39.7. The minimum Gasteiger partial charge on any atom is -0.350 e. The molecule has 1 fully saturated rings. The fraction of sp³-hybridized carbons (Fsp3) is 0.533. The van der Waals surface area contributed by atoms with Crippen LogP contribution in [0.1, 0.15) is 10.4 Å². The van der Waals surface area contributed by atoms with Crippen LogP contribution >= 0.6 is 11.8 Å². The van der Waals surface area contributed by atoms with Crippen molar-refractivity contribution in [2.75, 3.05) is 39.0 Å². The second-order valence-corrected chi connectivity index (χ2v) is 6.16. The highest BCUT2D eigenvalue weighted by Crippen LogP contribution is 2.25. The van der Waals surface area contributed by atoms with Crippen LogP contribution < -0.4 is 10.6 Å². The summed E-state index contributed by atoms with van der Waals surface area (Å²) in [6.45, 7) is 1.25. The Morgan fingerprint density at radius 1 is 1.30 bits per heavy atom. The standard InChI is InChI=1S/C15H20F3N3OS/c1-23-12-4-2-11(3-5-12)14(22)20-10-13(15(16,17)18)21-8-6-19-7-9-21/h2-5,13,19H,6-10H2,1H3,(H,20,22). The monoisotopic (exact) mass is 347 g/mol. The number of benzene rings is 1. The fourth-order valence-electron chi connectivity index (χ4n) is 2.48. The van der Waals surface area contributed by atoms with Gasteiger partial charge in [-0.1, -0.05) is 0 Å². The molecule has 23 heavy (non-hydrogen) atoms. The molecular weight excluding hydrogens is 327 g/mol. The Morgan fingerprint density at radius 2 is 1.91 bits per heavy atom. The Morgan fingerprint density at radius 3 is 2.43 bits per heavy atom. The van der Waals surface area contributed by atoms with E-state index in [1.54, 1.807) is 24.3 Å². The molecule has 2 rings (SSSR count). The van der Waals surface area contributed by atoms with Crippen LogP contribution in [-0.4, -0.2) is 62.0 Å². The van der Waals surface area contributed by atoms with Crippen molar-refractivity contribution in [1.82, 2.24) is 15.5 Å². The molecule has 1 unspecified atom stereocenters.